The zero-order valence-corrected chi connectivity index (χ0v) is 31.2. The van der Waals surface area contributed by atoms with Crippen molar-refractivity contribution in [2.75, 3.05) is 0 Å². The average molecular weight is 767 g/mol. The summed E-state index contributed by atoms with van der Waals surface area (Å²) in [6.45, 7) is 9.02. The first-order chi connectivity index (χ1) is 20.3. The fourth-order valence-corrected chi connectivity index (χ4v) is 11.9. The summed E-state index contributed by atoms with van der Waals surface area (Å²) in [6.07, 6.45) is 11.0. The predicted molar refractivity (Wildman–Crippen MR) is 192 cm³/mol. The van der Waals surface area contributed by atoms with E-state index in [9.17, 15) is 9.59 Å². The van der Waals surface area contributed by atoms with E-state index in [4.69, 9.17) is 0 Å². The third-order valence-corrected chi connectivity index (χ3v) is 14.5. The van der Waals surface area contributed by atoms with Crippen molar-refractivity contribution in [1.29, 1.82) is 0 Å². The van der Waals surface area contributed by atoms with Crippen LogP contribution in [0.4, 0.5) is 0 Å². The summed E-state index contributed by atoms with van der Waals surface area (Å²) in [5.41, 5.74) is 2.69. The standard InChI is InChI=1S/C34H38Br2O2S4/c1-5-9-11-19(7-3)17-23-27-28(24(39-23)18-20(8-4)12-10-6-2)32(38)30-29(31(27)37)33(21-13-15-25(35)40-21)42-34(30)22-14-16-26(36)41-22/h13-16,19-20H,5-12,17-18H2,1-4H3. The quantitative estimate of drug-likeness (QED) is 0.113. The molecule has 0 bridgehead atoms. The fourth-order valence-electron chi connectivity index (χ4n) is 6.04. The molecule has 5 rings (SSSR count). The number of thiophene rings is 4. The lowest BCUT2D eigenvalue weighted by molar-refractivity contribution is 0.0980. The zero-order chi connectivity index (χ0) is 30.0. The van der Waals surface area contributed by atoms with Crippen molar-refractivity contribution in [1.82, 2.24) is 0 Å². The van der Waals surface area contributed by atoms with E-state index in [1.807, 2.05) is 12.1 Å². The molecule has 0 saturated carbocycles. The summed E-state index contributed by atoms with van der Waals surface area (Å²) >= 11 is 13.9. The maximum Gasteiger partial charge on any atom is 0.197 e. The maximum atomic E-state index is 14.8. The van der Waals surface area contributed by atoms with E-state index in [2.05, 4.69) is 71.7 Å². The molecule has 224 valence electrons. The van der Waals surface area contributed by atoms with Crippen LogP contribution >= 0.6 is 77.2 Å². The molecule has 42 heavy (non-hydrogen) atoms. The highest BCUT2D eigenvalue weighted by Crippen LogP contribution is 2.52. The van der Waals surface area contributed by atoms with E-state index >= 15 is 0 Å². The molecule has 4 aromatic heterocycles. The monoisotopic (exact) mass is 764 g/mol. The molecule has 0 saturated heterocycles. The third kappa shape index (κ3) is 6.55. The predicted octanol–water partition coefficient (Wildman–Crippen LogP) is 13.1. The Bertz CT molecular complexity index is 1460. The molecule has 1 aliphatic rings. The van der Waals surface area contributed by atoms with Crippen LogP contribution in [0, 0.1) is 11.8 Å². The minimum Gasteiger partial charge on any atom is -0.288 e. The number of unbranched alkanes of at least 4 members (excludes halogenated alkanes) is 2. The van der Waals surface area contributed by atoms with Gasteiger partial charge in [-0.15, -0.1) is 45.3 Å². The highest BCUT2D eigenvalue weighted by Gasteiger charge is 2.42. The Kier molecular flexibility index (Phi) is 11.2. The van der Waals surface area contributed by atoms with Gasteiger partial charge in [-0.2, -0.15) is 0 Å². The molecule has 1 aliphatic carbocycles. The van der Waals surface area contributed by atoms with Crippen molar-refractivity contribution in [2.45, 2.75) is 91.9 Å². The number of halogens is 2. The molecule has 0 fully saturated rings. The summed E-state index contributed by atoms with van der Waals surface area (Å²) in [5, 5.41) is 0. The van der Waals surface area contributed by atoms with Crippen molar-refractivity contribution >= 4 is 88.8 Å². The van der Waals surface area contributed by atoms with Gasteiger partial charge in [0.1, 0.15) is 0 Å². The van der Waals surface area contributed by atoms with E-state index in [0.717, 1.165) is 73.6 Å². The minimum atomic E-state index is 0.0571. The molecule has 0 spiro atoms. The first-order valence-corrected chi connectivity index (χ1v) is 20.1. The molecule has 4 aromatic rings. The van der Waals surface area contributed by atoms with E-state index in [-0.39, 0.29) is 11.6 Å². The molecule has 0 amide bonds. The highest BCUT2D eigenvalue weighted by molar-refractivity contribution is 9.11. The van der Waals surface area contributed by atoms with Gasteiger partial charge in [0.2, 0.25) is 0 Å². The van der Waals surface area contributed by atoms with Crippen LogP contribution in [0.1, 0.15) is 121 Å². The van der Waals surface area contributed by atoms with E-state index in [1.165, 1.54) is 38.5 Å². The van der Waals surface area contributed by atoms with Gasteiger partial charge in [0.15, 0.2) is 11.6 Å². The fraction of sp³-hybridized carbons (Fsp3) is 0.471. The SMILES string of the molecule is CCCCC(CC)Cc1sc(CC(CC)CCCC)c2c1C(=O)c1c(-c3ccc(Br)s3)sc(-c3ccc(Br)s3)c1C2=O. The summed E-state index contributed by atoms with van der Waals surface area (Å²) in [7, 11) is 0. The van der Waals surface area contributed by atoms with Crippen molar-refractivity contribution < 1.29 is 9.59 Å². The van der Waals surface area contributed by atoms with Gasteiger partial charge < -0.3 is 0 Å². The van der Waals surface area contributed by atoms with Gasteiger partial charge in [-0.05, 0) is 80.8 Å². The largest absolute Gasteiger partial charge is 0.288 e. The summed E-state index contributed by atoms with van der Waals surface area (Å²) in [5.74, 6) is 1.17. The lowest BCUT2D eigenvalue weighted by atomic mass is 9.81. The Labute approximate surface area is 283 Å². The van der Waals surface area contributed by atoms with Crippen molar-refractivity contribution in [3.8, 4) is 19.5 Å². The van der Waals surface area contributed by atoms with E-state index in [1.54, 1.807) is 45.3 Å². The molecule has 2 nitrogen and oxygen atoms in total. The van der Waals surface area contributed by atoms with E-state index < -0.39 is 0 Å². The second-order valence-electron chi connectivity index (χ2n) is 11.3. The lowest BCUT2D eigenvalue weighted by Gasteiger charge is -2.19. The van der Waals surface area contributed by atoms with E-state index in [0.29, 0.717) is 23.0 Å². The average Bonchev–Trinajstić information content (AvgIpc) is 3.77. The van der Waals surface area contributed by atoms with Gasteiger partial charge in [0, 0.05) is 30.6 Å². The molecule has 0 N–H and O–H groups in total. The van der Waals surface area contributed by atoms with Crippen LogP contribution in [0.3, 0.4) is 0 Å². The Hall–Kier alpha value is -0.900. The summed E-state index contributed by atoms with van der Waals surface area (Å²) in [4.78, 5) is 35.8. The molecule has 2 unspecified atom stereocenters. The molecule has 2 atom stereocenters. The molecular formula is C34H38Br2O2S4. The Morgan fingerprint density at radius 3 is 1.36 bits per heavy atom. The first kappa shape index (κ1) is 32.5. The summed E-state index contributed by atoms with van der Waals surface area (Å²) in [6, 6.07) is 8.20. The molecule has 8 heteroatoms. The van der Waals surface area contributed by atoms with Crippen LogP contribution in [-0.2, 0) is 12.8 Å². The topological polar surface area (TPSA) is 34.1 Å². The smallest absolute Gasteiger partial charge is 0.197 e. The van der Waals surface area contributed by atoms with Crippen molar-refractivity contribution in [3.63, 3.8) is 0 Å². The number of fused-ring (bicyclic) bond motifs is 2. The van der Waals surface area contributed by atoms with Crippen LogP contribution in [-0.4, -0.2) is 11.6 Å². The molecule has 0 aromatic carbocycles. The zero-order valence-electron chi connectivity index (χ0n) is 24.7. The van der Waals surface area contributed by atoms with Crippen LogP contribution in [0.15, 0.2) is 31.8 Å². The van der Waals surface area contributed by atoms with Crippen LogP contribution in [0.2, 0.25) is 0 Å². The van der Waals surface area contributed by atoms with Crippen LogP contribution in [0.25, 0.3) is 19.5 Å². The van der Waals surface area contributed by atoms with Gasteiger partial charge in [-0.3, -0.25) is 9.59 Å². The van der Waals surface area contributed by atoms with Crippen molar-refractivity contribution in [3.05, 3.63) is 63.8 Å². The maximum absolute atomic E-state index is 14.8. The van der Waals surface area contributed by atoms with Gasteiger partial charge in [-0.1, -0.05) is 79.1 Å². The molecular weight excluding hydrogens is 728 g/mol. The molecule has 0 radical (unpaired) electrons. The second kappa shape index (κ2) is 14.5. The minimum absolute atomic E-state index is 0.0571. The highest BCUT2D eigenvalue weighted by atomic mass is 79.9. The van der Waals surface area contributed by atoms with Gasteiger partial charge >= 0.3 is 0 Å². The number of carbonyl (C=O) groups excluding carboxylic acids is 2. The summed E-state index contributed by atoms with van der Waals surface area (Å²) < 4.78 is 2.04. The van der Waals surface area contributed by atoms with Crippen molar-refractivity contribution in [2.24, 2.45) is 11.8 Å². The van der Waals surface area contributed by atoms with Gasteiger partial charge in [0.25, 0.3) is 0 Å². The normalized spacial score (nSPS) is 14.3. The number of carbonyl (C=O) groups is 2. The van der Waals surface area contributed by atoms with Gasteiger partial charge in [0.05, 0.1) is 28.5 Å². The number of ketones is 2. The third-order valence-electron chi connectivity index (χ3n) is 8.50. The molecule has 4 heterocycles. The number of hydrogen-bond acceptors (Lipinski definition) is 6. The van der Waals surface area contributed by atoms with Crippen LogP contribution < -0.4 is 0 Å². The Balaban J connectivity index is 1.69. The Morgan fingerprint density at radius 1 is 0.595 bits per heavy atom. The number of hydrogen-bond donors (Lipinski definition) is 0. The lowest BCUT2D eigenvalue weighted by Crippen LogP contribution is -2.22. The first-order valence-electron chi connectivity index (χ1n) is 15.2. The number of rotatable bonds is 14. The van der Waals surface area contributed by atoms with Gasteiger partial charge in [-0.25, -0.2) is 0 Å². The molecule has 0 aliphatic heterocycles. The Morgan fingerprint density at radius 2 is 1.02 bits per heavy atom. The second-order valence-corrected chi connectivity index (χ2v) is 18.5. The van der Waals surface area contributed by atoms with Crippen LogP contribution in [0.5, 0.6) is 0 Å².